The maximum Gasteiger partial charge on any atom is 0.269 e. The van der Waals surface area contributed by atoms with E-state index in [4.69, 9.17) is 0 Å². The minimum absolute atomic E-state index is 0.0859. The van der Waals surface area contributed by atoms with Crippen LogP contribution in [0.5, 0.6) is 0 Å². The first-order chi connectivity index (χ1) is 9.77. The number of aryl methyl sites for hydroxylation is 1. The van der Waals surface area contributed by atoms with Crippen LogP contribution in [-0.2, 0) is 13.6 Å². The molecule has 0 saturated heterocycles. The molecule has 20 heavy (non-hydrogen) atoms. The van der Waals surface area contributed by atoms with Gasteiger partial charge in [-0.2, -0.15) is 0 Å². The Hall–Kier alpha value is -2.21. The van der Waals surface area contributed by atoms with Crippen LogP contribution in [0.15, 0.2) is 37.1 Å². The van der Waals surface area contributed by atoms with Crippen molar-refractivity contribution >= 4 is 5.91 Å². The number of amides is 1. The Labute approximate surface area is 118 Å². The second kappa shape index (κ2) is 7.40. The molecule has 1 amide bonds. The van der Waals surface area contributed by atoms with Crippen LogP contribution in [0.4, 0.5) is 0 Å². The number of pyridine rings is 1. The number of imidazole rings is 1. The maximum absolute atomic E-state index is 11.8. The Bertz CT molecular complexity index is 538. The summed E-state index contributed by atoms with van der Waals surface area (Å²) < 4.78 is 1.70. The molecule has 2 aromatic rings. The van der Waals surface area contributed by atoms with Crippen molar-refractivity contribution < 1.29 is 4.79 Å². The third-order valence-electron chi connectivity index (χ3n) is 2.92. The summed E-state index contributed by atoms with van der Waals surface area (Å²) in [4.78, 5) is 19.8. The Balaban J connectivity index is 1.58. The van der Waals surface area contributed by atoms with Gasteiger partial charge in [0.15, 0.2) is 0 Å². The molecule has 0 aliphatic carbocycles. The summed E-state index contributed by atoms with van der Waals surface area (Å²) in [7, 11) is 1.80. The quantitative estimate of drug-likeness (QED) is 0.729. The lowest BCUT2D eigenvalue weighted by Crippen LogP contribution is -2.28. The fraction of sp³-hybridized carbons (Fsp3) is 0.357. The van der Waals surface area contributed by atoms with Gasteiger partial charge in [0.1, 0.15) is 5.69 Å². The van der Waals surface area contributed by atoms with Gasteiger partial charge in [-0.25, -0.2) is 4.98 Å². The number of hydrogen-bond donors (Lipinski definition) is 2. The molecule has 6 heteroatoms. The number of rotatable bonds is 7. The minimum Gasteiger partial charge on any atom is -0.351 e. The average Bonchev–Trinajstić information content (AvgIpc) is 2.90. The highest BCUT2D eigenvalue weighted by molar-refractivity contribution is 5.92. The molecule has 106 valence electrons. The van der Waals surface area contributed by atoms with E-state index in [1.54, 1.807) is 30.3 Å². The molecule has 0 fully saturated rings. The van der Waals surface area contributed by atoms with Crippen LogP contribution in [0.2, 0.25) is 0 Å². The van der Waals surface area contributed by atoms with Gasteiger partial charge >= 0.3 is 0 Å². The van der Waals surface area contributed by atoms with E-state index >= 15 is 0 Å². The van der Waals surface area contributed by atoms with E-state index in [-0.39, 0.29) is 5.91 Å². The molecule has 2 aromatic heterocycles. The topological polar surface area (TPSA) is 71.8 Å². The summed E-state index contributed by atoms with van der Waals surface area (Å²) in [5.41, 5.74) is 1.74. The Kier molecular flexibility index (Phi) is 5.25. The summed E-state index contributed by atoms with van der Waals surface area (Å²) in [6, 6.07) is 3.95. The molecule has 2 rings (SSSR count). The smallest absolute Gasteiger partial charge is 0.269 e. The van der Waals surface area contributed by atoms with Crippen LogP contribution in [0, 0.1) is 0 Å². The van der Waals surface area contributed by atoms with Gasteiger partial charge in [-0.15, -0.1) is 0 Å². The zero-order chi connectivity index (χ0) is 14.2. The summed E-state index contributed by atoms with van der Waals surface area (Å²) in [6.45, 7) is 2.29. The standard InChI is InChI=1S/C14H19N5O/c1-19-11-17-10-13(19)14(20)18-7-3-6-16-9-12-4-2-5-15-8-12/h2,4-5,8,10-11,16H,3,6-7,9H2,1H3,(H,18,20). The van der Waals surface area contributed by atoms with Crippen molar-refractivity contribution in [2.45, 2.75) is 13.0 Å². The number of carbonyl (C=O) groups is 1. The molecule has 0 radical (unpaired) electrons. The molecule has 2 heterocycles. The first-order valence-corrected chi connectivity index (χ1v) is 6.61. The average molecular weight is 273 g/mol. The fourth-order valence-electron chi connectivity index (χ4n) is 1.82. The van der Waals surface area contributed by atoms with Gasteiger partial charge in [0.25, 0.3) is 5.91 Å². The molecule has 0 aliphatic rings. The maximum atomic E-state index is 11.8. The first kappa shape index (κ1) is 14.2. The molecule has 0 saturated carbocycles. The van der Waals surface area contributed by atoms with Crippen molar-refractivity contribution in [1.29, 1.82) is 0 Å². The number of nitrogens with one attached hydrogen (secondary N) is 2. The second-order valence-electron chi connectivity index (χ2n) is 4.54. The number of carbonyl (C=O) groups excluding carboxylic acids is 1. The Morgan fingerprint density at radius 1 is 1.30 bits per heavy atom. The van der Waals surface area contributed by atoms with Crippen molar-refractivity contribution in [2.24, 2.45) is 7.05 Å². The molecule has 2 N–H and O–H groups in total. The van der Waals surface area contributed by atoms with Crippen LogP contribution in [0.25, 0.3) is 0 Å². The van der Waals surface area contributed by atoms with Gasteiger partial charge in [-0.05, 0) is 24.6 Å². The molecule has 0 atom stereocenters. The summed E-state index contributed by atoms with van der Waals surface area (Å²) >= 11 is 0. The van der Waals surface area contributed by atoms with E-state index in [1.165, 1.54) is 0 Å². The molecule has 0 aromatic carbocycles. The Morgan fingerprint density at radius 2 is 2.20 bits per heavy atom. The largest absolute Gasteiger partial charge is 0.351 e. The minimum atomic E-state index is -0.0859. The lowest BCUT2D eigenvalue weighted by atomic mass is 10.3. The molecule has 0 aliphatic heterocycles. The van der Waals surface area contributed by atoms with E-state index in [0.29, 0.717) is 12.2 Å². The van der Waals surface area contributed by atoms with E-state index < -0.39 is 0 Å². The highest BCUT2D eigenvalue weighted by Crippen LogP contribution is 1.96. The van der Waals surface area contributed by atoms with Crippen LogP contribution < -0.4 is 10.6 Å². The fourth-order valence-corrected chi connectivity index (χ4v) is 1.82. The van der Waals surface area contributed by atoms with Gasteiger partial charge in [0.2, 0.25) is 0 Å². The van der Waals surface area contributed by atoms with Crippen molar-refractivity contribution in [1.82, 2.24) is 25.2 Å². The van der Waals surface area contributed by atoms with Crippen molar-refractivity contribution in [3.05, 3.63) is 48.3 Å². The number of aromatic nitrogens is 3. The Morgan fingerprint density at radius 3 is 2.90 bits per heavy atom. The molecule has 0 bridgehead atoms. The highest BCUT2D eigenvalue weighted by atomic mass is 16.1. The molecular weight excluding hydrogens is 254 g/mol. The van der Waals surface area contributed by atoms with Gasteiger partial charge in [-0.1, -0.05) is 6.07 Å². The van der Waals surface area contributed by atoms with Gasteiger partial charge in [0, 0.05) is 32.5 Å². The van der Waals surface area contributed by atoms with E-state index in [0.717, 1.165) is 25.1 Å². The lowest BCUT2D eigenvalue weighted by molar-refractivity contribution is 0.0945. The van der Waals surface area contributed by atoms with E-state index in [1.807, 2.05) is 18.3 Å². The summed E-state index contributed by atoms with van der Waals surface area (Å²) in [5.74, 6) is -0.0859. The zero-order valence-electron chi connectivity index (χ0n) is 11.5. The number of nitrogens with zero attached hydrogens (tertiary/aromatic N) is 3. The van der Waals surface area contributed by atoms with Gasteiger partial charge in [0.05, 0.1) is 12.5 Å². The van der Waals surface area contributed by atoms with Gasteiger partial charge in [-0.3, -0.25) is 9.78 Å². The monoisotopic (exact) mass is 273 g/mol. The second-order valence-corrected chi connectivity index (χ2v) is 4.54. The predicted octanol–water partition coefficient (Wildman–Crippen LogP) is 0.725. The van der Waals surface area contributed by atoms with Crippen LogP contribution in [0.1, 0.15) is 22.5 Å². The molecule has 0 spiro atoms. The molecule has 6 nitrogen and oxygen atoms in total. The third kappa shape index (κ3) is 4.17. The summed E-state index contributed by atoms with van der Waals surface area (Å²) in [6.07, 6.45) is 7.67. The number of hydrogen-bond acceptors (Lipinski definition) is 4. The molecular formula is C14H19N5O. The molecule has 0 unspecified atom stereocenters. The lowest BCUT2D eigenvalue weighted by Gasteiger charge is -2.06. The SMILES string of the molecule is Cn1cncc1C(=O)NCCCNCc1cccnc1. The van der Waals surface area contributed by atoms with Crippen LogP contribution in [-0.4, -0.2) is 33.5 Å². The normalized spacial score (nSPS) is 10.4. The van der Waals surface area contributed by atoms with E-state index in [9.17, 15) is 4.79 Å². The van der Waals surface area contributed by atoms with Crippen LogP contribution in [0.3, 0.4) is 0 Å². The zero-order valence-corrected chi connectivity index (χ0v) is 11.5. The van der Waals surface area contributed by atoms with E-state index in [2.05, 4.69) is 20.6 Å². The van der Waals surface area contributed by atoms with Crippen molar-refractivity contribution in [3.8, 4) is 0 Å². The van der Waals surface area contributed by atoms with Gasteiger partial charge < -0.3 is 15.2 Å². The van der Waals surface area contributed by atoms with Crippen molar-refractivity contribution in [3.63, 3.8) is 0 Å². The first-order valence-electron chi connectivity index (χ1n) is 6.61. The predicted molar refractivity (Wildman–Crippen MR) is 76.1 cm³/mol. The summed E-state index contributed by atoms with van der Waals surface area (Å²) in [5, 5.41) is 6.19. The highest BCUT2D eigenvalue weighted by Gasteiger charge is 2.07. The van der Waals surface area contributed by atoms with Crippen molar-refractivity contribution in [2.75, 3.05) is 13.1 Å². The third-order valence-corrected chi connectivity index (χ3v) is 2.92. The van der Waals surface area contributed by atoms with Crippen LogP contribution >= 0.6 is 0 Å².